The van der Waals surface area contributed by atoms with Crippen LogP contribution >= 0.6 is 0 Å². The molecule has 3 rings (SSSR count). The van der Waals surface area contributed by atoms with E-state index in [9.17, 15) is 22.8 Å². The molecule has 0 saturated carbocycles. The van der Waals surface area contributed by atoms with Crippen LogP contribution < -0.4 is 0 Å². The minimum atomic E-state index is -5.09. The molecule has 0 aliphatic heterocycles. The Morgan fingerprint density at radius 2 is 1.22 bits per heavy atom. The lowest BCUT2D eigenvalue weighted by molar-refractivity contribution is -0.241. The molecule has 1 unspecified atom stereocenters. The summed E-state index contributed by atoms with van der Waals surface area (Å²) in [6, 6.07) is 11.4. The predicted molar refractivity (Wildman–Crippen MR) is 175 cm³/mol. The molecule has 50 heavy (non-hydrogen) atoms. The summed E-state index contributed by atoms with van der Waals surface area (Å²) in [5.74, 6) is -11.9. The molecule has 0 spiro atoms. The van der Waals surface area contributed by atoms with Crippen molar-refractivity contribution in [3.05, 3.63) is 82.9 Å². The SMILES string of the molecule is CCCCCCCCCCOOC(=O)c1ccc(-c2ccccc2)c(-c2c(F)c(F)c(C(=O)OC(CCCCCC)C(F)(F)F)c(F)c2F)c1. The fourth-order valence-electron chi connectivity index (χ4n) is 5.47. The van der Waals surface area contributed by atoms with Gasteiger partial charge in [-0.3, -0.25) is 4.89 Å². The van der Waals surface area contributed by atoms with Crippen molar-refractivity contribution < 1.29 is 54.8 Å². The molecule has 0 fully saturated rings. The molecule has 274 valence electrons. The lowest BCUT2D eigenvalue weighted by Gasteiger charge is -2.21. The summed E-state index contributed by atoms with van der Waals surface area (Å²) in [4.78, 5) is 35.3. The highest BCUT2D eigenvalue weighted by molar-refractivity contribution is 5.96. The van der Waals surface area contributed by atoms with Crippen molar-refractivity contribution in [2.45, 2.75) is 110 Å². The van der Waals surface area contributed by atoms with E-state index in [-0.39, 0.29) is 24.2 Å². The number of ether oxygens (including phenoxy) is 1. The van der Waals surface area contributed by atoms with Gasteiger partial charge in [0, 0.05) is 0 Å². The van der Waals surface area contributed by atoms with Crippen LogP contribution in [-0.4, -0.2) is 30.8 Å². The van der Waals surface area contributed by atoms with Crippen LogP contribution in [0.2, 0.25) is 0 Å². The zero-order valence-corrected chi connectivity index (χ0v) is 28.3. The van der Waals surface area contributed by atoms with Crippen molar-refractivity contribution in [2.24, 2.45) is 0 Å². The van der Waals surface area contributed by atoms with Gasteiger partial charge in [0.1, 0.15) is 5.56 Å². The van der Waals surface area contributed by atoms with Crippen LogP contribution in [0.5, 0.6) is 0 Å². The molecule has 5 nitrogen and oxygen atoms in total. The quantitative estimate of drug-likeness (QED) is 0.0291. The fourth-order valence-corrected chi connectivity index (χ4v) is 5.47. The number of hydrogen-bond acceptors (Lipinski definition) is 5. The lowest BCUT2D eigenvalue weighted by atomic mass is 9.91. The van der Waals surface area contributed by atoms with Gasteiger partial charge in [-0.2, -0.15) is 18.1 Å². The second-order valence-corrected chi connectivity index (χ2v) is 12.1. The molecule has 0 bridgehead atoms. The molecule has 0 aliphatic rings. The van der Waals surface area contributed by atoms with E-state index in [1.807, 2.05) is 6.92 Å². The van der Waals surface area contributed by atoms with E-state index in [2.05, 4.69) is 11.7 Å². The standard InChI is InChI=1S/C38H43F7O5/c1-3-5-7-9-10-11-12-17-23-48-50-36(46)26-21-22-27(25-18-14-13-15-19-25)28(24-26)30-32(39)34(41)31(35(42)33(30)40)37(47)49-29(38(43,44)45)20-16-8-6-4-2/h13-15,18-19,21-22,24,29H,3-12,16-17,20,23H2,1-2H3. The second kappa shape index (κ2) is 20.1. The number of rotatable bonds is 20. The first-order valence-corrected chi connectivity index (χ1v) is 17.1. The second-order valence-electron chi connectivity index (χ2n) is 12.1. The third-order valence-electron chi connectivity index (χ3n) is 8.23. The topological polar surface area (TPSA) is 61.8 Å². The summed E-state index contributed by atoms with van der Waals surface area (Å²) in [5, 5.41) is 0. The molecule has 0 aromatic heterocycles. The molecular weight excluding hydrogens is 669 g/mol. The van der Waals surface area contributed by atoms with Crippen molar-refractivity contribution in [1.82, 2.24) is 0 Å². The summed E-state index contributed by atoms with van der Waals surface area (Å²) in [7, 11) is 0. The number of benzene rings is 3. The average molecular weight is 713 g/mol. The van der Waals surface area contributed by atoms with Crippen LogP contribution in [0.1, 0.15) is 118 Å². The smallest absolute Gasteiger partial charge is 0.425 e. The lowest BCUT2D eigenvalue weighted by Crippen LogP contribution is -2.34. The highest BCUT2D eigenvalue weighted by Crippen LogP contribution is 2.39. The first kappa shape index (κ1) is 40.5. The Morgan fingerprint density at radius 1 is 0.660 bits per heavy atom. The van der Waals surface area contributed by atoms with Crippen molar-refractivity contribution in [2.75, 3.05) is 6.61 Å². The third-order valence-corrected chi connectivity index (χ3v) is 8.23. The summed E-state index contributed by atoms with van der Waals surface area (Å²) >= 11 is 0. The average Bonchev–Trinajstić information content (AvgIpc) is 3.09. The Kier molecular flexibility index (Phi) is 16.2. The van der Waals surface area contributed by atoms with E-state index in [1.165, 1.54) is 37.1 Å². The van der Waals surface area contributed by atoms with Crippen molar-refractivity contribution in [1.29, 1.82) is 0 Å². The van der Waals surface area contributed by atoms with Gasteiger partial charge < -0.3 is 4.74 Å². The molecule has 0 aliphatic carbocycles. The van der Waals surface area contributed by atoms with Gasteiger partial charge >= 0.3 is 18.1 Å². The minimum Gasteiger partial charge on any atom is -0.449 e. The van der Waals surface area contributed by atoms with Gasteiger partial charge in [0.2, 0.25) is 0 Å². The normalized spacial score (nSPS) is 12.2. The first-order chi connectivity index (χ1) is 23.9. The van der Waals surface area contributed by atoms with E-state index in [0.29, 0.717) is 31.2 Å². The van der Waals surface area contributed by atoms with Crippen LogP contribution in [0.15, 0.2) is 48.5 Å². The number of esters is 1. The van der Waals surface area contributed by atoms with Gasteiger partial charge in [-0.15, -0.1) is 0 Å². The maximum Gasteiger partial charge on any atom is 0.425 e. The molecule has 0 radical (unpaired) electrons. The van der Waals surface area contributed by atoms with E-state index < -0.39 is 70.6 Å². The first-order valence-electron chi connectivity index (χ1n) is 17.1. The number of carbonyl (C=O) groups excluding carboxylic acids is 2. The van der Waals surface area contributed by atoms with Crippen LogP contribution in [0.25, 0.3) is 22.3 Å². The Balaban J connectivity index is 1.89. The molecule has 0 heterocycles. The van der Waals surface area contributed by atoms with Gasteiger partial charge in [-0.1, -0.05) is 114 Å². The number of alkyl halides is 3. The molecule has 12 heteroatoms. The highest BCUT2D eigenvalue weighted by atomic mass is 19.4. The summed E-state index contributed by atoms with van der Waals surface area (Å²) < 4.78 is 107. The summed E-state index contributed by atoms with van der Waals surface area (Å²) in [5.41, 5.74) is -3.64. The van der Waals surface area contributed by atoms with Crippen molar-refractivity contribution in [3.63, 3.8) is 0 Å². The maximum atomic E-state index is 15.7. The Morgan fingerprint density at radius 3 is 1.80 bits per heavy atom. The van der Waals surface area contributed by atoms with Crippen molar-refractivity contribution in [3.8, 4) is 22.3 Å². The number of unbranched alkanes of at least 4 members (excludes halogenated alkanes) is 10. The fraction of sp³-hybridized carbons (Fsp3) is 0.474. The Labute approximate surface area is 288 Å². The van der Waals surface area contributed by atoms with Gasteiger partial charge in [-0.25, -0.2) is 27.2 Å². The largest absolute Gasteiger partial charge is 0.449 e. The Bertz CT molecular complexity index is 1510. The van der Waals surface area contributed by atoms with E-state index in [0.717, 1.165) is 38.2 Å². The van der Waals surface area contributed by atoms with Crippen molar-refractivity contribution >= 4 is 11.9 Å². The molecule has 3 aromatic rings. The van der Waals surface area contributed by atoms with E-state index in [4.69, 9.17) is 9.78 Å². The van der Waals surface area contributed by atoms with Gasteiger partial charge in [0.15, 0.2) is 29.4 Å². The zero-order valence-electron chi connectivity index (χ0n) is 28.3. The van der Waals surface area contributed by atoms with E-state index in [1.54, 1.807) is 18.2 Å². The number of hydrogen-bond donors (Lipinski definition) is 0. The zero-order chi connectivity index (χ0) is 36.7. The molecule has 1 atom stereocenters. The van der Waals surface area contributed by atoms with Crippen LogP contribution in [0.4, 0.5) is 30.7 Å². The maximum absolute atomic E-state index is 15.7. The summed E-state index contributed by atoms with van der Waals surface area (Å²) in [6.07, 6.45) is 1.37. The van der Waals surface area contributed by atoms with Crippen LogP contribution in [0, 0.1) is 23.3 Å². The third kappa shape index (κ3) is 11.3. The predicted octanol–water partition coefficient (Wildman–Crippen LogP) is 11.9. The monoisotopic (exact) mass is 712 g/mol. The van der Waals surface area contributed by atoms with E-state index >= 15 is 17.6 Å². The van der Waals surface area contributed by atoms with Gasteiger partial charge in [0.25, 0.3) is 0 Å². The Hall–Kier alpha value is -3.93. The van der Waals surface area contributed by atoms with Gasteiger partial charge in [0.05, 0.1) is 17.7 Å². The number of carbonyl (C=O) groups is 2. The molecule has 3 aromatic carbocycles. The number of halogens is 7. The molecule has 0 saturated heterocycles. The van der Waals surface area contributed by atoms with Gasteiger partial charge in [-0.05, 0) is 48.1 Å². The highest BCUT2D eigenvalue weighted by Gasteiger charge is 2.44. The van der Waals surface area contributed by atoms with Crippen LogP contribution in [0.3, 0.4) is 0 Å². The minimum absolute atomic E-state index is 0.0107. The van der Waals surface area contributed by atoms with Crippen LogP contribution in [-0.2, 0) is 14.5 Å². The molecule has 0 N–H and O–H groups in total. The molecular formula is C38H43F7O5. The summed E-state index contributed by atoms with van der Waals surface area (Å²) in [6.45, 7) is 4.07. The molecule has 0 amide bonds.